The average Bonchev–Trinajstić information content (AvgIpc) is 2.96. The minimum absolute atomic E-state index is 0.0690. The van der Waals surface area contributed by atoms with Crippen molar-refractivity contribution in [3.05, 3.63) is 29.2 Å². The molecule has 0 radical (unpaired) electrons. The maximum atomic E-state index is 13.0. The molecule has 1 aliphatic rings. The van der Waals surface area contributed by atoms with Crippen LogP contribution in [0.1, 0.15) is 59.8 Å². The molecule has 1 aliphatic heterocycles. The van der Waals surface area contributed by atoms with Gasteiger partial charge in [0.2, 0.25) is 5.09 Å². The van der Waals surface area contributed by atoms with Crippen LogP contribution in [0.15, 0.2) is 36.7 Å². The van der Waals surface area contributed by atoms with Gasteiger partial charge in [-0.2, -0.15) is 0 Å². The first-order valence-electron chi connectivity index (χ1n) is 10.0. The smallest absolute Gasteiger partial charge is 0.351 e. The second-order valence-corrected chi connectivity index (χ2v) is 10.9. The van der Waals surface area contributed by atoms with Crippen LogP contribution in [0.2, 0.25) is 0 Å². The minimum Gasteiger partial charge on any atom is -0.450 e. The molecule has 0 spiro atoms. The summed E-state index contributed by atoms with van der Waals surface area (Å²) in [7, 11) is -3.64. The van der Waals surface area contributed by atoms with Crippen molar-refractivity contribution in [2.24, 2.45) is 32.2 Å². The number of rotatable bonds is 5. The SMILES string of the molecule is Cc1oc(S(N)(=O)=NC(=O)NC2(C)C(C(C)C)=CN=CC2C(C)C)cc1C(C)(C)O. The summed E-state index contributed by atoms with van der Waals surface area (Å²) in [5.41, 5.74) is -0.571. The van der Waals surface area contributed by atoms with Crippen LogP contribution in [0, 0.1) is 24.7 Å². The fourth-order valence-electron chi connectivity index (χ4n) is 4.05. The Bertz CT molecular complexity index is 991. The number of carbonyl (C=O) groups is 1. The Morgan fingerprint density at radius 1 is 1.40 bits per heavy atom. The number of aryl methyl sites for hydroxylation is 1. The van der Waals surface area contributed by atoms with Crippen molar-refractivity contribution in [2.45, 2.75) is 71.6 Å². The van der Waals surface area contributed by atoms with Crippen LogP contribution >= 0.6 is 0 Å². The Morgan fingerprint density at radius 2 is 2.00 bits per heavy atom. The summed E-state index contributed by atoms with van der Waals surface area (Å²) in [5, 5.41) is 18.9. The van der Waals surface area contributed by atoms with Crippen molar-refractivity contribution in [3.63, 3.8) is 0 Å². The standard InChI is InChI=1S/C21H34N4O4S/c1-12(2)16-10-23-11-17(13(3)4)21(16,8)24-19(26)25-30(22,28)18-9-15(14(5)29-18)20(6,7)27/h9-13,16,27H,1-8H3,(H3,22,24,25,26,28). The molecular weight excluding hydrogens is 404 g/mol. The molecule has 0 fully saturated rings. The largest absolute Gasteiger partial charge is 0.450 e. The lowest BCUT2D eigenvalue weighted by molar-refractivity contribution is 0.0769. The molecule has 3 atom stereocenters. The van der Waals surface area contributed by atoms with Gasteiger partial charge in [0.1, 0.15) is 5.76 Å². The quantitative estimate of drug-likeness (QED) is 0.644. The number of aliphatic imine (C=N–C) groups is 1. The molecule has 2 amide bonds. The summed E-state index contributed by atoms with van der Waals surface area (Å²) in [5.74, 6) is 0.635. The van der Waals surface area contributed by atoms with Gasteiger partial charge >= 0.3 is 6.03 Å². The van der Waals surface area contributed by atoms with Gasteiger partial charge in [0, 0.05) is 30.0 Å². The van der Waals surface area contributed by atoms with E-state index in [4.69, 9.17) is 9.56 Å². The fourth-order valence-corrected chi connectivity index (χ4v) is 4.97. The zero-order valence-electron chi connectivity index (χ0n) is 19.0. The van der Waals surface area contributed by atoms with Gasteiger partial charge in [0.15, 0.2) is 9.92 Å². The van der Waals surface area contributed by atoms with Crippen molar-refractivity contribution < 1.29 is 18.5 Å². The maximum Gasteiger partial charge on any atom is 0.351 e. The van der Waals surface area contributed by atoms with Gasteiger partial charge in [0.25, 0.3) is 0 Å². The van der Waals surface area contributed by atoms with E-state index in [-0.39, 0.29) is 22.8 Å². The van der Waals surface area contributed by atoms with Crippen molar-refractivity contribution >= 4 is 22.2 Å². The van der Waals surface area contributed by atoms with Gasteiger partial charge in [-0.3, -0.25) is 4.99 Å². The summed E-state index contributed by atoms with van der Waals surface area (Å²) in [4.78, 5) is 17.2. The third kappa shape index (κ3) is 4.84. The van der Waals surface area contributed by atoms with Gasteiger partial charge in [-0.15, -0.1) is 4.36 Å². The molecule has 1 aromatic rings. The molecule has 1 aromatic heterocycles. The molecule has 0 bridgehead atoms. The normalized spacial score (nSPS) is 24.0. The zero-order chi connectivity index (χ0) is 23.1. The number of urea groups is 1. The summed E-state index contributed by atoms with van der Waals surface area (Å²) >= 11 is 0. The highest BCUT2D eigenvalue weighted by Crippen LogP contribution is 2.37. The van der Waals surface area contributed by atoms with Crippen molar-refractivity contribution in [2.75, 3.05) is 0 Å². The average molecular weight is 439 g/mol. The zero-order valence-corrected chi connectivity index (χ0v) is 19.8. The van der Waals surface area contributed by atoms with Crippen LogP contribution in [0.5, 0.6) is 0 Å². The number of hydrogen-bond donors (Lipinski definition) is 3. The molecule has 0 saturated heterocycles. The Labute approximate surface area is 179 Å². The van der Waals surface area contributed by atoms with Gasteiger partial charge in [0.05, 0.1) is 11.1 Å². The van der Waals surface area contributed by atoms with E-state index < -0.39 is 27.1 Å². The maximum absolute atomic E-state index is 13.0. The predicted molar refractivity (Wildman–Crippen MR) is 118 cm³/mol. The second kappa shape index (κ2) is 8.28. The van der Waals surface area contributed by atoms with E-state index in [0.717, 1.165) is 5.57 Å². The third-order valence-corrected chi connectivity index (χ3v) is 6.71. The molecule has 3 unspecified atom stereocenters. The number of hydrogen-bond acceptors (Lipinski definition) is 5. The number of amides is 2. The van der Waals surface area contributed by atoms with Crippen LogP contribution in [0.25, 0.3) is 0 Å². The lowest BCUT2D eigenvalue weighted by Gasteiger charge is -2.43. The molecule has 0 saturated carbocycles. The molecule has 2 heterocycles. The highest BCUT2D eigenvalue weighted by Gasteiger charge is 2.42. The molecule has 4 N–H and O–H groups in total. The number of aliphatic hydroxyl groups is 1. The van der Waals surface area contributed by atoms with Crippen LogP contribution < -0.4 is 10.5 Å². The lowest BCUT2D eigenvalue weighted by Crippen LogP contribution is -2.56. The number of nitrogens with zero attached hydrogens (tertiary/aromatic N) is 2. The second-order valence-electron chi connectivity index (χ2n) is 9.19. The van der Waals surface area contributed by atoms with Gasteiger partial charge < -0.3 is 14.8 Å². The molecule has 30 heavy (non-hydrogen) atoms. The molecule has 8 nitrogen and oxygen atoms in total. The highest BCUT2D eigenvalue weighted by molar-refractivity contribution is 7.91. The van der Waals surface area contributed by atoms with Crippen molar-refractivity contribution in [1.29, 1.82) is 0 Å². The Balaban J connectivity index is 2.42. The number of carbonyl (C=O) groups excluding carboxylic acids is 1. The molecule has 9 heteroatoms. The van der Waals surface area contributed by atoms with E-state index in [1.807, 2.05) is 27.0 Å². The summed E-state index contributed by atoms with van der Waals surface area (Å²) in [6.45, 7) is 14.9. The van der Waals surface area contributed by atoms with Crippen molar-refractivity contribution in [1.82, 2.24) is 5.32 Å². The fraction of sp³-hybridized carbons (Fsp3) is 0.619. The number of nitrogens with two attached hydrogens (primary N) is 1. The van der Waals surface area contributed by atoms with Crippen LogP contribution in [-0.2, 0) is 15.5 Å². The molecule has 0 aromatic carbocycles. The van der Waals surface area contributed by atoms with Crippen LogP contribution in [0.3, 0.4) is 0 Å². The van der Waals surface area contributed by atoms with Crippen molar-refractivity contribution in [3.8, 4) is 0 Å². The van der Waals surface area contributed by atoms with E-state index in [0.29, 0.717) is 11.3 Å². The molecular formula is C21H34N4O4S. The first-order chi connectivity index (χ1) is 13.6. The summed E-state index contributed by atoms with van der Waals surface area (Å²) in [6, 6.07) is 0.594. The van der Waals surface area contributed by atoms with E-state index in [2.05, 4.69) is 28.5 Å². The van der Waals surface area contributed by atoms with E-state index in [1.54, 1.807) is 27.0 Å². The molecule has 168 valence electrons. The first-order valence-corrected chi connectivity index (χ1v) is 11.6. The number of furan rings is 1. The highest BCUT2D eigenvalue weighted by atomic mass is 32.2. The molecule has 2 rings (SSSR count). The van der Waals surface area contributed by atoms with E-state index in [9.17, 15) is 14.1 Å². The molecule has 0 aliphatic carbocycles. The monoisotopic (exact) mass is 438 g/mol. The van der Waals surface area contributed by atoms with Gasteiger partial charge in [-0.05, 0) is 45.1 Å². The van der Waals surface area contributed by atoms with Crippen LogP contribution in [0.4, 0.5) is 4.79 Å². The predicted octanol–water partition coefficient (Wildman–Crippen LogP) is 3.88. The summed E-state index contributed by atoms with van der Waals surface area (Å²) in [6.07, 6.45) is 3.58. The topological polar surface area (TPSA) is 130 Å². The first kappa shape index (κ1) is 24.3. The Morgan fingerprint density at radius 3 is 2.47 bits per heavy atom. The Kier molecular flexibility index (Phi) is 6.71. The summed E-state index contributed by atoms with van der Waals surface area (Å²) < 4.78 is 22.2. The van der Waals surface area contributed by atoms with E-state index >= 15 is 0 Å². The lowest BCUT2D eigenvalue weighted by atomic mass is 9.70. The Hall–Kier alpha value is -1.97. The van der Waals surface area contributed by atoms with Gasteiger partial charge in [-0.25, -0.2) is 14.1 Å². The van der Waals surface area contributed by atoms with Crippen LogP contribution in [-0.4, -0.2) is 27.1 Å². The van der Waals surface area contributed by atoms with E-state index in [1.165, 1.54) is 6.07 Å². The van der Waals surface area contributed by atoms with Gasteiger partial charge in [-0.1, -0.05) is 27.7 Å². The minimum atomic E-state index is -3.64. The third-order valence-electron chi connectivity index (χ3n) is 5.49. The number of nitrogens with one attached hydrogen (secondary N) is 1.